The van der Waals surface area contributed by atoms with E-state index in [9.17, 15) is 0 Å². The number of hydrogen-bond acceptors (Lipinski definition) is 1. The van der Waals surface area contributed by atoms with E-state index >= 15 is 0 Å². The van der Waals surface area contributed by atoms with Crippen LogP contribution >= 0.6 is 0 Å². The first-order valence-electron chi connectivity index (χ1n) is 7.70. The molecule has 0 fully saturated rings. The fourth-order valence-electron chi connectivity index (χ4n) is 2.57. The van der Waals surface area contributed by atoms with E-state index in [0.29, 0.717) is 12.0 Å². The Balaban J connectivity index is 1.80. The fourth-order valence-corrected chi connectivity index (χ4v) is 2.57. The molecule has 0 radical (unpaired) electrons. The van der Waals surface area contributed by atoms with Gasteiger partial charge >= 0.3 is 0 Å². The molecule has 0 unspecified atom stereocenters. The lowest BCUT2D eigenvalue weighted by Crippen LogP contribution is -2.90. The van der Waals surface area contributed by atoms with Gasteiger partial charge in [-0.15, -0.1) is 0 Å². The van der Waals surface area contributed by atoms with Crippen molar-refractivity contribution in [2.75, 3.05) is 13.7 Å². The molecule has 2 atom stereocenters. The summed E-state index contributed by atoms with van der Waals surface area (Å²) in [6, 6.07) is 19.7. The minimum Gasteiger partial charge on any atom is -0.497 e. The van der Waals surface area contributed by atoms with Crippen molar-refractivity contribution in [1.82, 2.24) is 0 Å². The third-order valence-corrected chi connectivity index (χ3v) is 3.98. The minimum atomic E-state index is 0.588. The van der Waals surface area contributed by atoms with Crippen LogP contribution in [0.15, 0.2) is 54.6 Å². The maximum Gasteiger partial charge on any atom is 0.118 e. The lowest BCUT2D eigenvalue weighted by atomic mass is 10.0. The molecule has 0 amide bonds. The molecular weight excluding hydrogens is 258 g/mol. The highest BCUT2D eigenvalue weighted by Gasteiger charge is 2.11. The zero-order valence-corrected chi connectivity index (χ0v) is 13.3. The van der Waals surface area contributed by atoms with Crippen LogP contribution < -0.4 is 10.1 Å². The third kappa shape index (κ3) is 4.91. The highest BCUT2D eigenvalue weighted by molar-refractivity contribution is 5.27. The number of rotatable bonds is 7. The summed E-state index contributed by atoms with van der Waals surface area (Å²) >= 11 is 0. The van der Waals surface area contributed by atoms with Gasteiger partial charge in [0.2, 0.25) is 0 Å². The van der Waals surface area contributed by atoms with Gasteiger partial charge in [0, 0.05) is 12.3 Å². The molecule has 0 aromatic heterocycles. The molecule has 0 spiro atoms. The fraction of sp³-hybridized carbons (Fsp3) is 0.368. The maximum absolute atomic E-state index is 5.19. The Morgan fingerprint density at radius 1 is 0.952 bits per heavy atom. The normalized spacial score (nSPS) is 13.7. The summed E-state index contributed by atoms with van der Waals surface area (Å²) < 4.78 is 5.19. The summed E-state index contributed by atoms with van der Waals surface area (Å²) in [7, 11) is 1.70. The van der Waals surface area contributed by atoms with Crippen LogP contribution in [-0.2, 0) is 6.42 Å². The summed E-state index contributed by atoms with van der Waals surface area (Å²) in [4.78, 5) is 0. The second-order valence-corrected chi connectivity index (χ2v) is 5.81. The highest BCUT2D eigenvalue weighted by atomic mass is 16.5. The number of nitrogens with two attached hydrogens (primary N) is 1. The number of benzene rings is 2. The first-order chi connectivity index (χ1) is 10.2. The van der Waals surface area contributed by atoms with Gasteiger partial charge in [0.1, 0.15) is 5.75 Å². The van der Waals surface area contributed by atoms with Crippen LogP contribution in [0.5, 0.6) is 5.75 Å². The van der Waals surface area contributed by atoms with E-state index in [1.807, 2.05) is 12.1 Å². The van der Waals surface area contributed by atoms with Crippen LogP contribution in [-0.4, -0.2) is 19.7 Å². The van der Waals surface area contributed by atoms with Crippen molar-refractivity contribution in [2.45, 2.75) is 32.2 Å². The van der Waals surface area contributed by atoms with Crippen molar-refractivity contribution in [3.63, 3.8) is 0 Å². The molecule has 0 heterocycles. The molecule has 2 rings (SSSR count). The lowest BCUT2D eigenvalue weighted by molar-refractivity contribution is -0.687. The second kappa shape index (κ2) is 7.84. The Bertz CT molecular complexity index is 521. The zero-order valence-electron chi connectivity index (χ0n) is 13.3. The molecule has 0 bridgehead atoms. The van der Waals surface area contributed by atoms with Gasteiger partial charge in [0.25, 0.3) is 0 Å². The molecular formula is C19H26NO+. The Labute approximate surface area is 128 Å². The topological polar surface area (TPSA) is 25.8 Å². The second-order valence-electron chi connectivity index (χ2n) is 5.81. The van der Waals surface area contributed by atoms with E-state index in [4.69, 9.17) is 4.74 Å². The van der Waals surface area contributed by atoms with Crippen molar-refractivity contribution in [3.8, 4) is 5.75 Å². The first kappa shape index (κ1) is 15.6. The number of quaternary nitrogens is 1. The predicted octanol–water partition coefficient (Wildman–Crippen LogP) is 2.99. The van der Waals surface area contributed by atoms with Crippen molar-refractivity contribution < 1.29 is 10.1 Å². The summed E-state index contributed by atoms with van der Waals surface area (Å²) in [5.41, 5.74) is 2.79. The summed E-state index contributed by atoms with van der Waals surface area (Å²) in [5, 5.41) is 2.45. The van der Waals surface area contributed by atoms with Crippen LogP contribution in [0.4, 0.5) is 0 Å². The van der Waals surface area contributed by atoms with E-state index < -0.39 is 0 Å². The molecule has 0 aliphatic carbocycles. The van der Waals surface area contributed by atoms with Gasteiger partial charge in [-0.1, -0.05) is 49.4 Å². The Kier molecular flexibility index (Phi) is 5.82. The largest absolute Gasteiger partial charge is 0.497 e. The highest BCUT2D eigenvalue weighted by Crippen LogP contribution is 2.13. The summed E-state index contributed by atoms with van der Waals surface area (Å²) in [6.07, 6.45) is 1.09. The van der Waals surface area contributed by atoms with Crippen molar-refractivity contribution in [2.24, 2.45) is 0 Å². The van der Waals surface area contributed by atoms with Crippen LogP contribution in [0, 0.1) is 0 Å². The van der Waals surface area contributed by atoms with E-state index in [1.54, 1.807) is 7.11 Å². The molecule has 2 nitrogen and oxygen atoms in total. The molecule has 0 aliphatic heterocycles. The molecule has 2 N–H and O–H groups in total. The average Bonchev–Trinajstić information content (AvgIpc) is 2.54. The van der Waals surface area contributed by atoms with Gasteiger partial charge in [-0.3, -0.25) is 0 Å². The van der Waals surface area contributed by atoms with Gasteiger partial charge in [0.05, 0.1) is 19.7 Å². The summed E-state index contributed by atoms with van der Waals surface area (Å²) in [5.74, 6) is 1.51. The zero-order chi connectivity index (χ0) is 15.1. The number of methoxy groups -OCH3 is 1. The third-order valence-electron chi connectivity index (χ3n) is 3.98. The standard InChI is InChI=1S/C19H25NO/c1-15(18-7-5-4-6-8-18)14-20-16(2)13-17-9-11-19(21-3)12-10-17/h4-12,15-16,20H,13-14H2,1-3H3/p+1/t15-,16-/m1/s1. The van der Waals surface area contributed by atoms with Gasteiger partial charge < -0.3 is 10.1 Å². The Hall–Kier alpha value is -1.80. The smallest absolute Gasteiger partial charge is 0.118 e. The van der Waals surface area contributed by atoms with E-state index in [-0.39, 0.29) is 0 Å². The first-order valence-corrected chi connectivity index (χ1v) is 7.70. The van der Waals surface area contributed by atoms with Crippen molar-refractivity contribution in [3.05, 3.63) is 65.7 Å². The van der Waals surface area contributed by atoms with Crippen LogP contribution in [0.1, 0.15) is 30.9 Å². The Morgan fingerprint density at radius 3 is 2.24 bits per heavy atom. The monoisotopic (exact) mass is 284 g/mol. The quantitative estimate of drug-likeness (QED) is 0.831. The molecule has 21 heavy (non-hydrogen) atoms. The Morgan fingerprint density at radius 2 is 1.62 bits per heavy atom. The lowest BCUT2D eigenvalue weighted by Gasteiger charge is -2.15. The molecule has 0 saturated carbocycles. The van der Waals surface area contributed by atoms with Gasteiger partial charge in [0.15, 0.2) is 0 Å². The SMILES string of the molecule is COc1ccc(C[C@@H](C)[NH2+]C[C@@H](C)c2ccccc2)cc1. The minimum absolute atomic E-state index is 0.588. The van der Waals surface area contributed by atoms with E-state index in [2.05, 4.69) is 61.6 Å². The average molecular weight is 284 g/mol. The number of hydrogen-bond donors (Lipinski definition) is 1. The molecule has 2 heteroatoms. The van der Waals surface area contributed by atoms with Gasteiger partial charge in [-0.05, 0) is 30.2 Å². The van der Waals surface area contributed by atoms with E-state index in [1.165, 1.54) is 11.1 Å². The molecule has 0 aliphatic rings. The molecule has 2 aromatic carbocycles. The van der Waals surface area contributed by atoms with Crippen molar-refractivity contribution in [1.29, 1.82) is 0 Å². The summed E-state index contributed by atoms with van der Waals surface area (Å²) in [6.45, 7) is 5.72. The predicted molar refractivity (Wildman–Crippen MR) is 87.8 cm³/mol. The molecule has 2 aromatic rings. The van der Waals surface area contributed by atoms with E-state index in [0.717, 1.165) is 18.7 Å². The number of ether oxygens (including phenoxy) is 1. The van der Waals surface area contributed by atoms with Gasteiger partial charge in [-0.2, -0.15) is 0 Å². The van der Waals surface area contributed by atoms with Crippen LogP contribution in [0.3, 0.4) is 0 Å². The molecule has 112 valence electrons. The van der Waals surface area contributed by atoms with Gasteiger partial charge in [-0.25, -0.2) is 0 Å². The van der Waals surface area contributed by atoms with Crippen molar-refractivity contribution >= 4 is 0 Å². The van der Waals surface area contributed by atoms with Crippen LogP contribution in [0.25, 0.3) is 0 Å². The molecule has 0 saturated heterocycles. The van der Waals surface area contributed by atoms with Crippen LogP contribution in [0.2, 0.25) is 0 Å². The maximum atomic E-state index is 5.19.